The van der Waals surface area contributed by atoms with Crippen molar-refractivity contribution in [1.29, 1.82) is 0 Å². The van der Waals surface area contributed by atoms with Gasteiger partial charge in [-0.1, -0.05) is 12.1 Å². The van der Waals surface area contributed by atoms with Crippen LogP contribution in [-0.4, -0.2) is 43.8 Å². The second-order valence-corrected chi connectivity index (χ2v) is 7.84. The third-order valence-corrected chi connectivity index (χ3v) is 5.70. The van der Waals surface area contributed by atoms with Gasteiger partial charge in [-0.2, -0.15) is 5.10 Å². The minimum absolute atomic E-state index is 0.250. The van der Waals surface area contributed by atoms with Crippen LogP contribution in [0.25, 0.3) is 16.6 Å². The Morgan fingerprint density at radius 2 is 2.07 bits per heavy atom. The van der Waals surface area contributed by atoms with Gasteiger partial charge in [0.25, 0.3) is 5.91 Å². The average molecular weight is 401 g/mol. The number of fused-ring (bicyclic) bond motifs is 2. The number of nitrogens with one attached hydrogen (secondary N) is 2. The summed E-state index contributed by atoms with van der Waals surface area (Å²) < 4.78 is 1.69. The fourth-order valence-electron chi connectivity index (χ4n) is 4.23. The molecule has 0 saturated carbocycles. The highest BCUT2D eigenvalue weighted by Gasteiger charge is 2.21. The predicted octanol–water partition coefficient (Wildman–Crippen LogP) is 3.01. The quantitative estimate of drug-likeness (QED) is 0.548. The lowest BCUT2D eigenvalue weighted by Crippen LogP contribution is -2.26. The molecule has 0 radical (unpaired) electrons. The molecule has 1 aliphatic rings. The van der Waals surface area contributed by atoms with Crippen LogP contribution in [0.2, 0.25) is 0 Å². The van der Waals surface area contributed by atoms with Crippen LogP contribution < -0.4 is 10.6 Å². The number of rotatable bonds is 3. The van der Waals surface area contributed by atoms with Gasteiger partial charge in [0.1, 0.15) is 5.52 Å². The van der Waals surface area contributed by atoms with Crippen molar-refractivity contribution in [3.8, 4) is 0 Å². The number of carbonyl (C=O) groups is 1. The second kappa shape index (κ2) is 7.46. The van der Waals surface area contributed by atoms with Crippen molar-refractivity contribution < 1.29 is 4.79 Å². The normalized spacial score (nSPS) is 15.0. The van der Waals surface area contributed by atoms with Crippen LogP contribution in [0.15, 0.2) is 36.7 Å². The van der Waals surface area contributed by atoms with E-state index >= 15 is 0 Å². The molecule has 1 amide bonds. The summed E-state index contributed by atoms with van der Waals surface area (Å²) in [6.07, 6.45) is 5.81. The topological polar surface area (TPSA) is 97.1 Å². The van der Waals surface area contributed by atoms with E-state index in [0.717, 1.165) is 48.2 Å². The maximum Gasteiger partial charge on any atom is 0.259 e. The van der Waals surface area contributed by atoms with Crippen LogP contribution in [0.5, 0.6) is 0 Å². The molecule has 1 aromatic carbocycles. The highest BCUT2D eigenvalue weighted by atomic mass is 16.1. The Kier molecular flexibility index (Phi) is 4.63. The molecule has 0 aliphatic carbocycles. The first-order chi connectivity index (χ1) is 14.6. The number of nitrogens with zero attached hydrogens (tertiary/aromatic N) is 5. The number of piperidine rings is 1. The van der Waals surface area contributed by atoms with Crippen LogP contribution in [0.1, 0.15) is 45.9 Å². The molecule has 0 unspecified atom stereocenters. The summed E-state index contributed by atoms with van der Waals surface area (Å²) in [7, 11) is 0. The molecule has 1 fully saturated rings. The molecule has 0 spiro atoms. The maximum atomic E-state index is 13.1. The number of aryl methyl sites for hydroxylation is 2. The largest absolute Gasteiger partial charge is 0.317 e. The van der Waals surface area contributed by atoms with Crippen LogP contribution in [0, 0.1) is 13.8 Å². The molecule has 0 bridgehead atoms. The fraction of sp³-hybridized carbons (Fsp3) is 0.318. The van der Waals surface area contributed by atoms with Gasteiger partial charge in [0, 0.05) is 5.39 Å². The van der Waals surface area contributed by atoms with E-state index in [2.05, 4.69) is 30.9 Å². The molecule has 30 heavy (non-hydrogen) atoms. The van der Waals surface area contributed by atoms with E-state index in [-0.39, 0.29) is 5.91 Å². The van der Waals surface area contributed by atoms with Crippen LogP contribution in [0.3, 0.4) is 0 Å². The lowest BCUT2D eigenvalue weighted by Gasteiger charge is -2.23. The van der Waals surface area contributed by atoms with Gasteiger partial charge in [-0.3, -0.25) is 4.79 Å². The number of imidazole rings is 1. The van der Waals surface area contributed by atoms with Gasteiger partial charge in [-0.05, 0) is 69.0 Å². The first-order valence-corrected chi connectivity index (χ1v) is 10.2. The van der Waals surface area contributed by atoms with Crippen molar-refractivity contribution in [2.24, 2.45) is 0 Å². The first kappa shape index (κ1) is 18.6. The van der Waals surface area contributed by atoms with Gasteiger partial charge in [0.15, 0.2) is 11.5 Å². The predicted molar refractivity (Wildman–Crippen MR) is 115 cm³/mol. The number of amides is 1. The minimum atomic E-state index is -0.250. The molecular weight excluding hydrogens is 378 g/mol. The van der Waals surface area contributed by atoms with E-state index in [1.165, 1.54) is 5.56 Å². The molecule has 1 aliphatic heterocycles. The minimum Gasteiger partial charge on any atom is -0.317 e. The van der Waals surface area contributed by atoms with Gasteiger partial charge < -0.3 is 10.6 Å². The Balaban J connectivity index is 1.51. The molecule has 4 aromatic rings. The Hall–Kier alpha value is -3.39. The van der Waals surface area contributed by atoms with E-state index in [1.807, 2.05) is 44.4 Å². The summed E-state index contributed by atoms with van der Waals surface area (Å²) in [6.45, 7) is 5.86. The van der Waals surface area contributed by atoms with E-state index in [4.69, 9.17) is 0 Å². The molecule has 4 heterocycles. The molecule has 0 atom stereocenters. The van der Waals surface area contributed by atoms with Gasteiger partial charge in [0.2, 0.25) is 0 Å². The molecule has 152 valence electrons. The average Bonchev–Trinajstić information content (AvgIpc) is 3.14. The van der Waals surface area contributed by atoms with Crippen LogP contribution >= 0.6 is 0 Å². The summed E-state index contributed by atoms with van der Waals surface area (Å²) in [5.74, 6) is 0.654. The lowest BCUT2D eigenvalue weighted by atomic mass is 9.88. The van der Waals surface area contributed by atoms with E-state index in [1.54, 1.807) is 10.6 Å². The molecule has 5 rings (SSSR count). The smallest absolute Gasteiger partial charge is 0.259 e. The van der Waals surface area contributed by atoms with Crippen LogP contribution in [0.4, 0.5) is 5.82 Å². The SMILES string of the molecule is Cc1cn2nc(NC(=O)c3cccc4c(C5CCNCC5)cnnc34)cc(C)c2n1. The molecule has 8 heteroatoms. The third-order valence-electron chi connectivity index (χ3n) is 5.70. The van der Waals surface area contributed by atoms with E-state index in [0.29, 0.717) is 22.8 Å². The van der Waals surface area contributed by atoms with Gasteiger partial charge >= 0.3 is 0 Å². The van der Waals surface area contributed by atoms with Crippen molar-refractivity contribution in [2.45, 2.75) is 32.6 Å². The van der Waals surface area contributed by atoms with Gasteiger partial charge in [0.05, 0.1) is 23.7 Å². The zero-order valence-corrected chi connectivity index (χ0v) is 17.0. The highest BCUT2D eigenvalue weighted by Crippen LogP contribution is 2.31. The van der Waals surface area contributed by atoms with Crippen molar-refractivity contribution in [3.63, 3.8) is 0 Å². The fourth-order valence-corrected chi connectivity index (χ4v) is 4.23. The first-order valence-electron chi connectivity index (χ1n) is 10.2. The maximum absolute atomic E-state index is 13.1. The Bertz CT molecular complexity index is 1260. The van der Waals surface area contributed by atoms with E-state index < -0.39 is 0 Å². The van der Waals surface area contributed by atoms with Crippen molar-refractivity contribution in [3.05, 3.63) is 59.0 Å². The number of hydrogen-bond acceptors (Lipinski definition) is 6. The summed E-state index contributed by atoms with van der Waals surface area (Å²) in [5, 5.41) is 20.3. The van der Waals surface area contributed by atoms with E-state index in [9.17, 15) is 4.79 Å². The number of aromatic nitrogens is 5. The second-order valence-electron chi connectivity index (χ2n) is 7.84. The molecule has 2 N–H and O–H groups in total. The summed E-state index contributed by atoms with van der Waals surface area (Å²) >= 11 is 0. The number of anilines is 1. The molecule has 8 nitrogen and oxygen atoms in total. The van der Waals surface area contributed by atoms with Crippen molar-refractivity contribution in [1.82, 2.24) is 30.1 Å². The van der Waals surface area contributed by atoms with Crippen LogP contribution in [-0.2, 0) is 0 Å². The van der Waals surface area contributed by atoms with Crippen molar-refractivity contribution >= 4 is 28.3 Å². The Morgan fingerprint density at radius 3 is 2.90 bits per heavy atom. The number of benzene rings is 1. The zero-order chi connectivity index (χ0) is 20.7. The number of carbonyl (C=O) groups excluding carboxylic acids is 1. The third kappa shape index (κ3) is 3.29. The summed E-state index contributed by atoms with van der Waals surface area (Å²) in [5.41, 5.74) is 4.90. The zero-order valence-electron chi connectivity index (χ0n) is 17.0. The van der Waals surface area contributed by atoms with Crippen molar-refractivity contribution in [2.75, 3.05) is 18.4 Å². The standard InChI is InChI=1S/C22H23N7O/c1-13-10-19(28-29-12-14(2)25-21(13)29)26-22(30)17-5-3-4-16-18(11-24-27-20(16)17)15-6-8-23-9-7-15/h3-5,10-12,15,23H,6-9H2,1-2H3,(H,26,28,30). The highest BCUT2D eigenvalue weighted by molar-refractivity contribution is 6.11. The summed E-state index contributed by atoms with van der Waals surface area (Å²) in [6, 6.07) is 7.55. The summed E-state index contributed by atoms with van der Waals surface area (Å²) in [4.78, 5) is 17.6. The Labute approximate surface area is 173 Å². The lowest BCUT2D eigenvalue weighted by molar-refractivity contribution is 0.102. The molecule has 3 aromatic heterocycles. The van der Waals surface area contributed by atoms with Gasteiger partial charge in [-0.25, -0.2) is 9.50 Å². The monoisotopic (exact) mass is 401 g/mol. The number of hydrogen-bond donors (Lipinski definition) is 2. The Morgan fingerprint density at radius 1 is 1.23 bits per heavy atom. The van der Waals surface area contributed by atoms with Gasteiger partial charge in [-0.15, -0.1) is 10.2 Å². The molecule has 1 saturated heterocycles. The molecular formula is C22H23N7O.